The van der Waals surface area contributed by atoms with Crippen molar-refractivity contribution in [3.8, 4) is 0 Å². The van der Waals surface area contributed by atoms with Crippen LogP contribution in [0.5, 0.6) is 0 Å². The Hall–Kier alpha value is -0.413. The Morgan fingerprint density at radius 1 is 1.40 bits per heavy atom. The van der Waals surface area contributed by atoms with Crippen LogP contribution in [0, 0.1) is 5.92 Å². The second-order valence-electron chi connectivity index (χ2n) is 4.61. The van der Waals surface area contributed by atoms with E-state index in [2.05, 4.69) is 6.92 Å². The topological polar surface area (TPSA) is 26.3 Å². The zero-order valence-corrected chi connectivity index (χ0v) is 11.3. The summed E-state index contributed by atoms with van der Waals surface area (Å²) in [6, 6.07) is 0. The molecule has 0 amide bonds. The van der Waals surface area contributed by atoms with Crippen LogP contribution in [0.2, 0.25) is 5.54 Å². The van der Waals surface area contributed by atoms with Gasteiger partial charge in [-0.25, -0.2) is 0 Å². The Kier molecular flexibility index (Phi) is 5.87. The Morgan fingerprint density at radius 2 is 2.07 bits per heavy atom. The minimum absolute atomic E-state index is 0.106. The van der Waals surface area contributed by atoms with E-state index in [-0.39, 0.29) is 5.78 Å². The summed E-state index contributed by atoms with van der Waals surface area (Å²) in [5.74, 6) is 1.01. The lowest BCUT2D eigenvalue weighted by Crippen LogP contribution is -2.18. The quantitative estimate of drug-likeness (QED) is 0.531. The standard InChI is InChI=1S/C12H22O2Si/c1-3-4-11(13)9-14-15-12-7-5-10(2)6-8-12/h3-4,10,12H,5-9,15H2,1-2H3. The Labute approximate surface area is 95.0 Å². The maximum Gasteiger partial charge on any atom is 0.179 e. The molecule has 1 rings (SSSR count). The van der Waals surface area contributed by atoms with Crippen molar-refractivity contribution >= 4 is 15.5 Å². The molecule has 0 bridgehead atoms. The zero-order valence-electron chi connectivity index (χ0n) is 9.87. The third-order valence-electron chi connectivity index (χ3n) is 3.09. The summed E-state index contributed by atoms with van der Waals surface area (Å²) in [7, 11) is -0.472. The summed E-state index contributed by atoms with van der Waals surface area (Å²) < 4.78 is 5.56. The highest BCUT2D eigenvalue weighted by molar-refractivity contribution is 6.30. The van der Waals surface area contributed by atoms with Crippen LogP contribution in [0.1, 0.15) is 39.5 Å². The molecule has 0 aliphatic heterocycles. The van der Waals surface area contributed by atoms with Crippen molar-refractivity contribution in [1.82, 2.24) is 0 Å². The number of carbonyl (C=O) groups excluding carboxylic acids is 1. The normalized spacial score (nSPS) is 27.9. The van der Waals surface area contributed by atoms with Gasteiger partial charge in [0.2, 0.25) is 0 Å². The highest BCUT2D eigenvalue weighted by atomic mass is 28.2. The summed E-state index contributed by atoms with van der Waals surface area (Å²) in [6.07, 6.45) is 8.72. The van der Waals surface area contributed by atoms with Gasteiger partial charge in [-0.15, -0.1) is 0 Å². The van der Waals surface area contributed by atoms with Gasteiger partial charge in [0.25, 0.3) is 0 Å². The minimum Gasteiger partial charge on any atom is -0.416 e. The first-order chi connectivity index (χ1) is 7.22. The van der Waals surface area contributed by atoms with Gasteiger partial charge in [0, 0.05) is 0 Å². The average molecular weight is 226 g/mol. The molecular weight excluding hydrogens is 204 g/mol. The van der Waals surface area contributed by atoms with Crippen LogP contribution in [0.3, 0.4) is 0 Å². The van der Waals surface area contributed by atoms with Gasteiger partial charge in [-0.05, 0) is 24.5 Å². The SMILES string of the molecule is CC=CC(=O)CO[SiH2]C1CCC(C)CC1. The predicted molar refractivity (Wildman–Crippen MR) is 65.7 cm³/mol. The Morgan fingerprint density at radius 3 is 2.67 bits per heavy atom. The molecule has 0 aromatic carbocycles. The second-order valence-corrected chi connectivity index (χ2v) is 6.50. The van der Waals surface area contributed by atoms with Crippen molar-refractivity contribution in [3.05, 3.63) is 12.2 Å². The molecule has 1 aliphatic rings. The number of ketones is 1. The number of hydrogen-bond acceptors (Lipinski definition) is 2. The minimum atomic E-state index is -0.472. The van der Waals surface area contributed by atoms with Crippen LogP contribution < -0.4 is 0 Å². The fourth-order valence-corrected chi connectivity index (χ4v) is 3.51. The molecule has 0 aromatic rings. The van der Waals surface area contributed by atoms with Crippen molar-refractivity contribution in [2.24, 2.45) is 5.92 Å². The fraction of sp³-hybridized carbons (Fsp3) is 0.750. The third kappa shape index (κ3) is 5.28. The molecule has 15 heavy (non-hydrogen) atoms. The number of rotatable bonds is 5. The van der Waals surface area contributed by atoms with Crippen LogP contribution in [0.4, 0.5) is 0 Å². The van der Waals surface area contributed by atoms with E-state index in [0.29, 0.717) is 6.61 Å². The molecule has 0 spiro atoms. The molecule has 1 fully saturated rings. The van der Waals surface area contributed by atoms with Crippen LogP contribution >= 0.6 is 0 Å². The fourth-order valence-electron chi connectivity index (χ4n) is 2.06. The van der Waals surface area contributed by atoms with Crippen LogP contribution in [-0.2, 0) is 9.22 Å². The van der Waals surface area contributed by atoms with E-state index >= 15 is 0 Å². The molecule has 0 aromatic heterocycles. The Balaban J connectivity index is 2.07. The highest BCUT2D eigenvalue weighted by Crippen LogP contribution is 2.31. The number of carbonyl (C=O) groups is 1. The lowest BCUT2D eigenvalue weighted by atomic mass is 9.90. The third-order valence-corrected chi connectivity index (χ3v) is 4.81. The lowest BCUT2D eigenvalue weighted by Gasteiger charge is -2.25. The largest absolute Gasteiger partial charge is 0.416 e. The smallest absolute Gasteiger partial charge is 0.179 e. The van der Waals surface area contributed by atoms with Crippen molar-refractivity contribution in [2.45, 2.75) is 45.1 Å². The second kappa shape index (κ2) is 6.96. The van der Waals surface area contributed by atoms with Gasteiger partial charge in [0.15, 0.2) is 15.5 Å². The number of hydrogen-bond donors (Lipinski definition) is 0. The summed E-state index contributed by atoms with van der Waals surface area (Å²) in [5, 5.41) is 0. The van der Waals surface area contributed by atoms with Crippen LogP contribution in [0.15, 0.2) is 12.2 Å². The van der Waals surface area contributed by atoms with Crippen molar-refractivity contribution in [3.63, 3.8) is 0 Å². The zero-order chi connectivity index (χ0) is 11.1. The molecule has 0 heterocycles. The predicted octanol–water partition coefficient (Wildman–Crippen LogP) is 2.23. The van der Waals surface area contributed by atoms with Crippen LogP contribution in [-0.4, -0.2) is 22.2 Å². The first kappa shape index (κ1) is 12.7. The monoisotopic (exact) mass is 226 g/mol. The molecule has 0 atom stereocenters. The van der Waals surface area contributed by atoms with E-state index in [9.17, 15) is 4.79 Å². The first-order valence-electron chi connectivity index (χ1n) is 5.95. The molecule has 0 radical (unpaired) electrons. The van der Waals surface area contributed by atoms with E-state index < -0.39 is 9.76 Å². The molecular formula is C12H22O2Si. The van der Waals surface area contributed by atoms with Gasteiger partial charge in [-0.3, -0.25) is 4.79 Å². The van der Waals surface area contributed by atoms with Gasteiger partial charge >= 0.3 is 0 Å². The summed E-state index contributed by atoms with van der Waals surface area (Å²) >= 11 is 0. The van der Waals surface area contributed by atoms with Gasteiger partial charge < -0.3 is 4.43 Å². The average Bonchev–Trinajstić information content (AvgIpc) is 2.21. The highest BCUT2D eigenvalue weighted by Gasteiger charge is 2.18. The van der Waals surface area contributed by atoms with Gasteiger partial charge in [-0.2, -0.15) is 0 Å². The molecule has 2 nitrogen and oxygen atoms in total. The molecule has 0 unspecified atom stereocenters. The van der Waals surface area contributed by atoms with E-state index in [1.165, 1.54) is 25.7 Å². The number of allylic oxidation sites excluding steroid dienone is 1. The summed E-state index contributed by atoms with van der Waals surface area (Å²) in [4.78, 5) is 11.1. The molecule has 3 heteroatoms. The van der Waals surface area contributed by atoms with Crippen molar-refractivity contribution < 1.29 is 9.22 Å². The summed E-state index contributed by atoms with van der Waals surface area (Å²) in [5.41, 5.74) is 0.819. The maximum absolute atomic E-state index is 11.1. The van der Waals surface area contributed by atoms with Crippen LogP contribution in [0.25, 0.3) is 0 Å². The van der Waals surface area contributed by atoms with Crippen molar-refractivity contribution in [2.75, 3.05) is 6.61 Å². The summed E-state index contributed by atoms with van der Waals surface area (Å²) in [6.45, 7) is 4.49. The molecule has 1 aliphatic carbocycles. The van der Waals surface area contributed by atoms with Gasteiger partial charge in [0.05, 0.1) is 6.61 Å². The van der Waals surface area contributed by atoms with E-state index in [1.54, 1.807) is 12.2 Å². The molecule has 86 valence electrons. The molecule has 0 saturated heterocycles. The Bertz CT molecular complexity index is 218. The molecule has 0 N–H and O–H groups in total. The maximum atomic E-state index is 11.1. The van der Waals surface area contributed by atoms with E-state index in [1.807, 2.05) is 6.92 Å². The van der Waals surface area contributed by atoms with Gasteiger partial charge in [-0.1, -0.05) is 38.7 Å². The van der Waals surface area contributed by atoms with Gasteiger partial charge in [0.1, 0.15) is 0 Å². The lowest BCUT2D eigenvalue weighted by molar-refractivity contribution is -0.116. The van der Waals surface area contributed by atoms with Crippen molar-refractivity contribution in [1.29, 1.82) is 0 Å². The van der Waals surface area contributed by atoms with E-state index in [4.69, 9.17) is 4.43 Å². The molecule has 1 saturated carbocycles. The first-order valence-corrected chi connectivity index (χ1v) is 7.35. The van der Waals surface area contributed by atoms with E-state index in [0.717, 1.165) is 11.5 Å².